The SMILES string of the molecule is Cc1ccc(S(=O)(=O)N2CCN(C(=O)COc3ccc4c(c3)CCC4)CC2)cc1. The summed E-state index contributed by atoms with van der Waals surface area (Å²) in [5.74, 6) is 0.609. The molecule has 1 saturated heterocycles. The van der Waals surface area contributed by atoms with Crippen LogP contribution in [0.2, 0.25) is 0 Å². The zero-order valence-electron chi connectivity index (χ0n) is 16.6. The molecule has 1 amide bonds. The molecule has 0 unspecified atom stereocenters. The predicted octanol–water partition coefficient (Wildman–Crippen LogP) is 2.40. The third-order valence-electron chi connectivity index (χ3n) is 5.68. The van der Waals surface area contributed by atoms with Crippen LogP contribution < -0.4 is 4.74 Å². The van der Waals surface area contributed by atoms with Gasteiger partial charge in [0.25, 0.3) is 5.91 Å². The van der Waals surface area contributed by atoms with Gasteiger partial charge in [-0.1, -0.05) is 23.8 Å². The number of hydrogen-bond donors (Lipinski definition) is 0. The fourth-order valence-corrected chi connectivity index (χ4v) is 5.33. The number of benzene rings is 2. The van der Waals surface area contributed by atoms with Gasteiger partial charge in [-0.3, -0.25) is 4.79 Å². The normalized spacial score (nSPS) is 17.2. The smallest absolute Gasteiger partial charge is 0.260 e. The Bertz CT molecular complexity index is 994. The van der Waals surface area contributed by atoms with E-state index in [4.69, 9.17) is 4.74 Å². The molecule has 2 aromatic carbocycles. The minimum atomic E-state index is -3.52. The zero-order valence-corrected chi connectivity index (χ0v) is 17.5. The van der Waals surface area contributed by atoms with Crippen LogP contribution in [-0.4, -0.2) is 56.3 Å². The molecule has 2 aromatic rings. The van der Waals surface area contributed by atoms with E-state index < -0.39 is 10.0 Å². The summed E-state index contributed by atoms with van der Waals surface area (Å²) in [6.07, 6.45) is 3.36. The molecule has 1 aliphatic carbocycles. The van der Waals surface area contributed by atoms with Crippen LogP contribution in [0.1, 0.15) is 23.1 Å². The summed E-state index contributed by atoms with van der Waals surface area (Å²) in [5.41, 5.74) is 3.70. The maximum absolute atomic E-state index is 12.8. The van der Waals surface area contributed by atoms with E-state index in [1.165, 1.54) is 21.9 Å². The molecule has 6 nitrogen and oxygen atoms in total. The van der Waals surface area contributed by atoms with Crippen molar-refractivity contribution < 1.29 is 17.9 Å². The first-order valence-electron chi connectivity index (χ1n) is 10.0. The highest BCUT2D eigenvalue weighted by Crippen LogP contribution is 2.26. The monoisotopic (exact) mass is 414 g/mol. The molecule has 29 heavy (non-hydrogen) atoms. The third kappa shape index (κ3) is 4.31. The number of amides is 1. The fourth-order valence-electron chi connectivity index (χ4n) is 3.91. The van der Waals surface area contributed by atoms with Crippen molar-refractivity contribution in [2.75, 3.05) is 32.8 Å². The number of aryl methyl sites for hydroxylation is 3. The fraction of sp³-hybridized carbons (Fsp3) is 0.409. The number of hydrogen-bond acceptors (Lipinski definition) is 4. The molecule has 0 N–H and O–H groups in total. The second-order valence-corrected chi connectivity index (χ2v) is 9.61. The maximum Gasteiger partial charge on any atom is 0.260 e. The number of ether oxygens (including phenoxy) is 1. The van der Waals surface area contributed by atoms with Crippen molar-refractivity contribution in [3.05, 3.63) is 59.2 Å². The standard InChI is InChI=1S/C22H26N2O4S/c1-17-5-9-21(10-6-17)29(26,27)24-13-11-23(12-14-24)22(25)16-28-20-8-7-18-3-2-4-19(18)15-20/h5-10,15H,2-4,11-14,16H2,1H3. The van der Waals surface area contributed by atoms with Crippen LogP contribution >= 0.6 is 0 Å². The van der Waals surface area contributed by atoms with Crippen molar-refractivity contribution >= 4 is 15.9 Å². The second kappa shape index (κ2) is 8.16. The van der Waals surface area contributed by atoms with Crippen molar-refractivity contribution in [1.82, 2.24) is 9.21 Å². The number of carbonyl (C=O) groups is 1. The number of piperazine rings is 1. The third-order valence-corrected chi connectivity index (χ3v) is 7.60. The Morgan fingerprint density at radius 2 is 1.66 bits per heavy atom. The molecule has 2 aliphatic rings. The lowest BCUT2D eigenvalue weighted by molar-refractivity contribution is -0.134. The van der Waals surface area contributed by atoms with Gasteiger partial charge in [0.1, 0.15) is 5.75 Å². The summed E-state index contributed by atoms with van der Waals surface area (Å²) >= 11 is 0. The quantitative estimate of drug-likeness (QED) is 0.754. The summed E-state index contributed by atoms with van der Waals surface area (Å²) in [7, 11) is -3.52. The van der Waals surface area contributed by atoms with E-state index in [0.29, 0.717) is 31.1 Å². The van der Waals surface area contributed by atoms with Crippen LogP contribution in [0, 0.1) is 6.92 Å². The Morgan fingerprint density at radius 1 is 0.966 bits per heavy atom. The summed E-state index contributed by atoms with van der Waals surface area (Å²) in [6.45, 7) is 3.23. The first-order chi connectivity index (χ1) is 13.9. The molecule has 154 valence electrons. The molecule has 7 heteroatoms. The number of carbonyl (C=O) groups excluding carboxylic acids is 1. The zero-order chi connectivity index (χ0) is 20.4. The lowest BCUT2D eigenvalue weighted by atomic mass is 10.1. The minimum absolute atomic E-state index is 0.0243. The Kier molecular flexibility index (Phi) is 5.61. The molecule has 1 aliphatic heterocycles. The van der Waals surface area contributed by atoms with Crippen molar-refractivity contribution in [2.45, 2.75) is 31.1 Å². The Labute approximate surface area is 172 Å². The number of fused-ring (bicyclic) bond motifs is 1. The lowest BCUT2D eigenvalue weighted by Crippen LogP contribution is -2.51. The average Bonchev–Trinajstić information content (AvgIpc) is 3.20. The highest BCUT2D eigenvalue weighted by molar-refractivity contribution is 7.89. The van der Waals surface area contributed by atoms with Crippen molar-refractivity contribution in [1.29, 1.82) is 0 Å². The van der Waals surface area contributed by atoms with Crippen LogP contribution in [0.5, 0.6) is 5.75 Å². The van der Waals surface area contributed by atoms with Crippen LogP contribution in [0.4, 0.5) is 0 Å². The first-order valence-corrected chi connectivity index (χ1v) is 11.5. The number of rotatable bonds is 5. The molecule has 0 saturated carbocycles. The Balaban J connectivity index is 1.31. The van der Waals surface area contributed by atoms with E-state index in [-0.39, 0.29) is 12.5 Å². The summed E-state index contributed by atoms with van der Waals surface area (Å²) in [5, 5.41) is 0. The van der Waals surface area contributed by atoms with Gasteiger partial charge in [-0.25, -0.2) is 8.42 Å². The first kappa shape index (κ1) is 19.9. The van der Waals surface area contributed by atoms with Gasteiger partial charge in [0.2, 0.25) is 10.0 Å². The predicted molar refractivity (Wildman–Crippen MR) is 110 cm³/mol. The maximum atomic E-state index is 12.8. The molecule has 0 radical (unpaired) electrons. The largest absolute Gasteiger partial charge is 0.484 e. The minimum Gasteiger partial charge on any atom is -0.484 e. The van der Waals surface area contributed by atoms with Crippen LogP contribution in [0.3, 0.4) is 0 Å². The Hall–Kier alpha value is -2.38. The van der Waals surface area contributed by atoms with E-state index in [2.05, 4.69) is 6.07 Å². The van der Waals surface area contributed by atoms with Gasteiger partial charge in [-0.2, -0.15) is 4.31 Å². The number of sulfonamides is 1. The van der Waals surface area contributed by atoms with E-state index >= 15 is 0 Å². The highest BCUT2D eigenvalue weighted by Gasteiger charge is 2.30. The molecule has 0 atom stereocenters. The molecule has 4 rings (SSSR count). The van der Waals surface area contributed by atoms with Gasteiger partial charge >= 0.3 is 0 Å². The van der Waals surface area contributed by atoms with Gasteiger partial charge < -0.3 is 9.64 Å². The van der Waals surface area contributed by atoms with Gasteiger partial charge in [0, 0.05) is 26.2 Å². The van der Waals surface area contributed by atoms with E-state index in [1.807, 2.05) is 19.1 Å². The molecule has 0 bridgehead atoms. The van der Waals surface area contributed by atoms with Gasteiger partial charge in [0.15, 0.2) is 6.61 Å². The molecular formula is C22H26N2O4S. The van der Waals surface area contributed by atoms with Gasteiger partial charge in [0.05, 0.1) is 4.90 Å². The van der Waals surface area contributed by atoms with E-state index in [9.17, 15) is 13.2 Å². The molecular weight excluding hydrogens is 388 g/mol. The molecule has 0 aromatic heterocycles. The average molecular weight is 415 g/mol. The van der Waals surface area contributed by atoms with Crippen molar-refractivity contribution in [3.63, 3.8) is 0 Å². The van der Waals surface area contributed by atoms with Crippen LogP contribution in [-0.2, 0) is 27.7 Å². The van der Waals surface area contributed by atoms with E-state index in [1.54, 1.807) is 29.2 Å². The van der Waals surface area contributed by atoms with Crippen molar-refractivity contribution in [3.8, 4) is 5.75 Å². The summed E-state index contributed by atoms with van der Waals surface area (Å²) < 4.78 is 32.7. The Morgan fingerprint density at radius 3 is 2.38 bits per heavy atom. The summed E-state index contributed by atoms with van der Waals surface area (Å²) in [4.78, 5) is 14.5. The van der Waals surface area contributed by atoms with Crippen LogP contribution in [0.25, 0.3) is 0 Å². The number of nitrogens with zero attached hydrogens (tertiary/aromatic N) is 2. The van der Waals surface area contributed by atoms with Gasteiger partial charge in [-0.15, -0.1) is 0 Å². The highest BCUT2D eigenvalue weighted by atomic mass is 32.2. The van der Waals surface area contributed by atoms with E-state index in [0.717, 1.165) is 24.2 Å². The molecule has 1 fully saturated rings. The molecule has 1 heterocycles. The topological polar surface area (TPSA) is 66.9 Å². The van der Waals surface area contributed by atoms with Crippen molar-refractivity contribution in [2.24, 2.45) is 0 Å². The summed E-state index contributed by atoms with van der Waals surface area (Å²) in [6, 6.07) is 12.9. The van der Waals surface area contributed by atoms with Crippen LogP contribution in [0.15, 0.2) is 47.4 Å². The molecule has 0 spiro atoms. The second-order valence-electron chi connectivity index (χ2n) is 7.67. The van der Waals surface area contributed by atoms with Gasteiger partial charge in [-0.05, 0) is 61.6 Å². The lowest BCUT2D eigenvalue weighted by Gasteiger charge is -2.34.